The zero-order chi connectivity index (χ0) is 11.5. The number of allylic oxidation sites excluding steroid dienone is 5. The van der Waals surface area contributed by atoms with Crippen LogP contribution in [-0.4, -0.2) is 0 Å². The Morgan fingerprint density at radius 1 is 1.06 bits per heavy atom. The van der Waals surface area contributed by atoms with Crippen LogP contribution in [0.15, 0.2) is 48.1 Å². The van der Waals surface area contributed by atoms with E-state index in [2.05, 4.69) is 54.6 Å². The van der Waals surface area contributed by atoms with E-state index in [1.165, 1.54) is 36.0 Å². The predicted octanol–water partition coefficient (Wildman–Crippen LogP) is 4.65. The standard InChI is InChI=1S/C17H17.Co/c1-2-4-8-14(9-5-3-1)17-13-12-15-10-6-7-11-16(15)17;/h4,6-8,10-13,17H,1-3,5H2;/q-1;/b8-4-;. The second kappa shape index (κ2) is 6.21. The molecule has 95 valence electrons. The van der Waals surface area contributed by atoms with Gasteiger partial charge in [0, 0.05) is 16.8 Å². The van der Waals surface area contributed by atoms with Crippen molar-refractivity contribution in [2.45, 2.75) is 31.6 Å². The third-order valence-corrected chi connectivity index (χ3v) is 3.56. The molecule has 0 saturated heterocycles. The van der Waals surface area contributed by atoms with E-state index < -0.39 is 0 Å². The maximum Gasteiger partial charge on any atom is 0 e. The molecular formula is C17H17Co-. The minimum Gasteiger partial charge on any atom is -0.271 e. The zero-order valence-electron chi connectivity index (χ0n) is 10.4. The fourth-order valence-electron chi connectivity index (χ4n) is 2.62. The molecule has 0 amide bonds. The molecule has 0 aromatic heterocycles. The van der Waals surface area contributed by atoms with Crippen molar-refractivity contribution >= 4 is 6.08 Å². The van der Waals surface area contributed by atoms with E-state index in [1.807, 2.05) is 0 Å². The van der Waals surface area contributed by atoms with Crippen molar-refractivity contribution in [1.82, 2.24) is 0 Å². The predicted molar refractivity (Wildman–Crippen MR) is 72.6 cm³/mol. The molecule has 1 aromatic rings. The van der Waals surface area contributed by atoms with Gasteiger partial charge in [-0.25, -0.2) is 11.6 Å². The fraction of sp³-hybridized carbons (Fsp3) is 0.294. The Morgan fingerprint density at radius 2 is 1.94 bits per heavy atom. The molecule has 2 aliphatic carbocycles. The van der Waals surface area contributed by atoms with Gasteiger partial charge in [0.2, 0.25) is 0 Å². The summed E-state index contributed by atoms with van der Waals surface area (Å²) in [6, 6.07) is 8.67. The van der Waals surface area contributed by atoms with Gasteiger partial charge < -0.3 is 0 Å². The van der Waals surface area contributed by atoms with E-state index in [1.54, 1.807) is 0 Å². The van der Waals surface area contributed by atoms with Crippen LogP contribution in [0.5, 0.6) is 0 Å². The maximum absolute atomic E-state index is 3.58. The molecule has 0 nitrogen and oxygen atoms in total. The monoisotopic (exact) mass is 280 g/mol. The maximum atomic E-state index is 3.58. The SMILES string of the molecule is [C-]1=C(C2C=Cc3ccccc32)/C=C\CCCC1.[Co]. The van der Waals surface area contributed by atoms with Crippen LogP contribution >= 0.6 is 0 Å². The molecule has 1 unspecified atom stereocenters. The van der Waals surface area contributed by atoms with Gasteiger partial charge in [0.05, 0.1) is 0 Å². The van der Waals surface area contributed by atoms with Crippen LogP contribution in [0.4, 0.5) is 0 Å². The molecule has 18 heavy (non-hydrogen) atoms. The van der Waals surface area contributed by atoms with Gasteiger partial charge in [-0.3, -0.25) is 6.08 Å². The molecule has 2 aliphatic rings. The number of fused-ring (bicyclic) bond motifs is 1. The molecule has 1 radical (unpaired) electrons. The summed E-state index contributed by atoms with van der Waals surface area (Å²) in [5, 5.41) is 0. The average molecular weight is 280 g/mol. The Kier molecular flexibility index (Phi) is 4.62. The molecule has 0 heterocycles. The second-order valence-electron chi connectivity index (χ2n) is 4.75. The normalized spacial score (nSPS) is 23.3. The van der Waals surface area contributed by atoms with Gasteiger partial charge in [-0.1, -0.05) is 55.7 Å². The van der Waals surface area contributed by atoms with E-state index in [4.69, 9.17) is 0 Å². The van der Waals surface area contributed by atoms with Crippen LogP contribution < -0.4 is 0 Å². The molecule has 0 aliphatic heterocycles. The average Bonchev–Trinajstić information content (AvgIpc) is 2.73. The van der Waals surface area contributed by atoms with Gasteiger partial charge >= 0.3 is 0 Å². The summed E-state index contributed by atoms with van der Waals surface area (Å²) in [5.41, 5.74) is 4.15. The number of hydrogen-bond donors (Lipinski definition) is 0. The van der Waals surface area contributed by atoms with E-state index >= 15 is 0 Å². The molecule has 1 heteroatoms. The molecule has 0 fully saturated rings. The first-order valence-electron chi connectivity index (χ1n) is 6.49. The Hall–Kier alpha value is -1.05. The third kappa shape index (κ3) is 2.68. The van der Waals surface area contributed by atoms with E-state index in [0.29, 0.717) is 5.92 Å². The molecule has 1 atom stereocenters. The van der Waals surface area contributed by atoms with Gasteiger partial charge in [0.1, 0.15) is 0 Å². The number of benzene rings is 1. The van der Waals surface area contributed by atoms with Crippen LogP contribution in [0, 0.1) is 6.08 Å². The first-order valence-corrected chi connectivity index (χ1v) is 6.49. The third-order valence-electron chi connectivity index (χ3n) is 3.56. The summed E-state index contributed by atoms with van der Waals surface area (Å²) in [7, 11) is 0. The smallest absolute Gasteiger partial charge is 0 e. The zero-order valence-corrected chi connectivity index (χ0v) is 11.4. The van der Waals surface area contributed by atoms with Crippen LogP contribution in [0.25, 0.3) is 6.08 Å². The van der Waals surface area contributed by atoms with Gasteiger partial charge in [0.25, 0.3) is 0 Å². The van der Waals surface area contributed by atoms with Crippen molar-refractivity contribution < 1.29 is 16.8 Å². The van der Waals surface area contributed by atoms with Crippen molar-refractivity contribution in [2.24, 2.45) is 0 Å². The minimum atomic E-state index is 0. The summed E-state index contributed by atoms with van der Waals surface area (Å²) in [6.07, 6.45) is 17.6. The first kappa shape index (κ1) is 13.4. The van der Waals surface area contributed by atoms with Crippen molar-refractivity contribution in [3.8, 4) is 0 Å². The van der Waals surface area contributed by atoms with Crippen molar-refractivity contribution in [1.29, 1.82) is 0 Å². The van der Waals surface area contributed by atoms with E-state index in [9.17, 15) is 0 Å². The topological polar surface area (TPSA) is 0 Å². The van der Waals surface area contributed by atoms with Crippen LogP contribution in [0.1, 0.15) is 42.7 Å². The van der Waals surface area contributed by atoms with Crippen molar-refractivity contribution in [3.63, 3.8) is 0 Å². The molecule has 3 rings (SSSR count). The van der Waals surface area contributed by atoms with Gasteiger partial charge in [-0.05, 0) is 17.0 Å². The van der Waals surface area contributed by atoms with Gasteiger partial charge in [0.15, 0.2) is 0 Å². The largest absolute Gasteiger partial charge is 0.271 e. The van der Waals surface area contributed by atoms with E-state index in [-0.39, 0.29) is 16.8 Å². The summed E-state index contributed by atoms with van der Waals surface area (Å²) in [6.45, 7) is 0. The molecule has 0 spiro atoms. The quantitative estimate of drug-likeness (QED) is 0.657. The molecule has 1 aromatic carbocycles. The van der Waals surface area contributed by atoms with Crippen LogP contribution in [0.3, 0.4) is 0 Å². The number of hydrogen-bond acceptors (Lipinski definition) is 0. The fourth-order valence-corrected chi connectivity index (χ4v) is 2.62. The van der Waals surface area contributed by atoms with Gasteiger partial charge in [-0.2, -0.15) is 6.08 Å². The summed E-state index contributed by atoms with van der Waals surface area (Å²) in [5.74, 6) is 0.431. The molecule has 0 bridgehead atoms. The molecule has 0 N–H and O–H groups in total. The summed E-state index contributed by atoms with van der Waals surface area (Å²) >= 11 is 0. The van der Waals surface area contributed by atoms with Crippen LogP contribution in [-0.2, 0) is 16.8 Å². The van der Waals surface area contributed by atoms with Gasteiger partial charge in [-0.15, -0.1) is 6.42 Å². The Bertz CT molecular complexity index is 494. The Morgan fingerprint density at radius 3 is 2.89 bits per heavy atom. The molecule has 0 saturated carbocycles. The Labute approximate surface area is 120 Å². The van der Waals surface area contributed by atoms with Crippen molar-refractivity contribution in [3.05, 3.63) is 65.3 Å². The second-order valence-corrected chi connectivity index (χ2v) is 4.75. The Balaban J connectivity index is 0.00000120. The minimum absolute atomic E-state index is 0. The summed E-state index contributed by atoms with van der Waals surface area (Å²) < 4.78 is 0. The molecular weight excluding hydrogens is 263 g/mol. The first-order chi connectivity index (χ1) is 8.45. The van der Waals surface area contributed by atoms with E-state index in [0.717, 1.165) is 6.42 Å². The number of rotatable bonds is 1. The van der Waals surface area contributed by atoms with Crippen LogP contribution in [0.2, 0.25) is 0 Å². The summed E-state index contributed by atoms with van der Waals surface area (Å²) in [4.78, 5) is 0. The van der Waals surface area contributed by atoms with Crippen molar-refractivity contribution in [2.75, 3.05) is 0 Å².